The lowest BCUT2D eigenvalue weighted by molar-refractivity contribution is -0.139. The minimum atomic E-state index is -1.07. The maximum absolute atomic E-state index is 12.2. The number of ether oxygens (including phenoxy) is 1. The molecule has 1 saturated heterocycles. The number of carbonyl (C=O) groups excluding carboxylic acids is 2. The van der Waals surface area contributed by atoms with Gasteiger partial charge in [0.1, 0.15) is 11.8 Å². The van der Waals surface area contributed by atoms with Crippen molar-refractivity contribution in [2.24, 2.45) is 0 Å². The molecule has 0 aromatic heterocycles. The Morgan fingerprint density at radius 2 is 2.07 bits per heavy atom. The summed E-state index contributed by atoms with van der Waals surface area (Å²) in [5.41, 5.74) is 0.756. The molecule has 2 rings (SSSR count). The van der Waals surface area contributed by atoms with E-state index in [1.807, 2.05) is 0 Å². The summed E-state index contributed by atoms with van der Waals surface area (Å²) in [5.74, 6) is -1.06. The van der Waals surface area contributed by atoms with E-state index in [2.05, 4.69) is 12.2 Å². The molecule has 1 fully saturated rings. The third-order valence-electron chi connectivity index (χ3n) is 4.70. The first-order chi connectivity index (χ1) is 13.4. The number of carboxylic acid groups (broad SMARTS) is 1. The van der Waals surface area contributed by atoms with Crippen molar-refractivity contribution in [2.45, 2.75) is 57.6 Å². The fourth-order valence-corrected chi connectivity index (χ4v) is 3.20. The second kappa shape index (κ2) is 10.7. The van der Waals surface area contributed by atoms with Crippen LogP contribution in [0.3, 0.4) is 0 Å². The maximum atomic E-state index is 12.2. The Labute approximate surface area is 164 Å². The summed E-state index contributed by atoms with van der Waals surface area (Å²) >= 11 is 0. The van der Waals surface area contributed by atoms with Crippen molar-refractivity contribution in [1.29, 1.82) is 0 Å². The second-order valence-electron chi connectivity index (χ2n) is 6.98. The largest absolute Gasteiger partial charge is 0.482 e. The molecule has 0 bridgehead atoms. The van der Waals surface area contributed by atoms with E-state index >= 15 is 0 Å². The minimum absolute atomic E-state index is 0.285. The molecule has 0 radical (unpaired) electrons. The van der Waals surface area contributed by atoms with Crippen LogP contribution in [0.5, 0.6) is 5.75 Å². The molecular formula is C20H28N2O6. The molecule has 1 aliphatic heterocycles. The fourth-order valence-electron chi connectivity index (χ4n) is 3.20. The molecule has 3 N–H and O–H groups in total. The summed E-state index contributed by atoms with van der Waals surface area (Å²) in [6.45, 7) is 1.94. The third kappa shape index (κ3) is 6.53. The Balaban J connectivity index is 1.96. The van der Waals surface area contributed by atoms with Gasteiger partial charge in [0.05, 0.1) is 6.10 Å². The van der Waals surface area contributed by atoms with Crippen LogP contribution in [0.2, 0.25) is 0 Å². The highest BCUT2D eigenvalue weighted by Gasteiger charge is 2.38. The average Bonchev–Trinajstić information content (AvgIpc) is 2.91. The van der Waals surface area contributed by atoms with Gasteiger partial charge in [-0.3, -0.25) is 10.1 Å². The first-order valence-electron chi connectivity index (χ1n) is 9.63. The van der Waals surface area contributed by atoms with Gasteiger partial charge in [-0.15, -0.1) is 0 Å². The third-order valence-corrected chi connectivity index (χ3v) is 4.70. The Bertz CT molecular complexity index is 693. The Morgan fingerprint density at radius 3 is 2.79 bits per heavy atom. The molecular weight excluding hydrogens is 364 g/mol. The second-order valence-corrected chi connectivity index (χ2v) is 6.98. The number of urea groups is 1. The summed E-state index contributed by atoms with van der Waals surface area (Å²) in [6.07, 6.45) is 3.97. The number of aliphatic carboxylic acids is 1. The van der Waals surface area contributed by atoms with Crippen molar-refractivity contribution in [1.82, 2.24) is 10.2 Å². The number of amides is 3. The molecule has 0 aliphatic carbocycles. The number of carbonyl (C=O) groups is 3. The fraction of sp³-hybridized carbons (Fsp3) is 0.550. The standard InChI is InChI=1S/C20H28N2O6/c1-2-3-4-7-15(23)9-10-22-17(19(26)21-20(22)27)12-14-6-5-8-16(11-14)28-13-18(24)25/h5-6,8,11,15,17,23H,2-4,7,9-10,12-13H2,1H3,(H,24,25)(H,21,26,27). The van der Waals surface area contributed by atoms with Gasteiger partial charge in [-0.1, -0.05) is 38.3 Å². The zero-order valence-corrected chi connectivity index (χ0v) is 16.1. The van der Waals surface area contributed by atoms with Gasteiger partial charge in [0.25, 0.3) is 5.91 Å². The van der Waals surface area contributed by atoms with Gasteiger partial charge < -0.3 is 19.8 Å². The molecule has 1 aromatic rings. The molecule has 28 heavy (non-hydrogen) atoms. The predicted molar refractivity (Wildman–Crippen MR) is 102 cm³/mol. The number of aliphatic hydroxyl groups excluding tert-OH is 1. The number of benzene rings is 1. The van der Waals surface area contributed by atoms with E-state index in [-0.39, 0.29) is 12.3 Å². The number of hydrogen-bond acceptors (Lipinski definition) is 5. The topological polar surface area (TPSA) is 116 Å². The number of nitrogens with one attached hydrogen (secondary N) is 1. The molecule has 1 aromatic carbocycles. The normalized spacial score (nSPS) is 17.5. The molecule has 8 heteroatoms. The highest BCUT2D eigenvalue weighted by atomic mass is 16.5. The molecule has 8 nitrogen and oxygen atoms in total. The highest BCUT2D eigenvalue weighted by molar-refractivity contribution is 6.04. The van der Waals surface area contributed by atoms with Crippen molar-refractivity contribution < 1.29 is 29.3 Å². The van der Waals surface area contributed by atoms with Crippen molar-refractivity contribution in [2.75, 3.05) is 13.2 Å². The van der Waals surface area contributed by atoms with Crippen LogP contribution in [0.1, 0.15) is 44.6 Å². The summed E-state index contributed by atoms with van der Waals surface area (Å²) in [4.78, 5) is 36.4. The van der Waals surface area contributed by atoms with Gasteiger partial charge in [0.15, 0.2) is 6.61 Å². The quantitative estimate of drug-likeness (QED) is 0.370. The Kier molecular flexibility index (Phi) is 8.25. The lowest BCUT2D eigenvalue weighted by Gasteiger charge is -2.23. The molecule has 2 atom stereocenters. The van der Waals surface area contributed by atoms with Gasteiger partial charge in [-0.05, 0) is 30.5 Å². The van der Waals surface area contributed by atoms with Crippen LogP contribution < -0.4 is 10.1 Å². The molecule has 3 amide bonds. The van der Waals surface area contributed by atoms with E-state index in [9.17, 15) is 19.5 Å². The SMILES string of the molecule is CCCCCC(O)CCN1C(=O)NC(=O)C1Cc1cccc(OCC(=O)O)c1. The van der Waals surface area contributed by atoms with E-state index in [1.54, 1.807) is 24.3 Å². The zero-order valence-electron chi connectivity index (χ0n) is 16.1. The summed E-state index contributed by atoms with van der Waals surface area (Å²) in [7, 11) is 0. The summed E-state index contributed by atoms with van der Waals surface area (Å²) in [6, 6.07) is 5.69. The molecule has 154 valence electrons. The minimum Gasteiger partial charge on any atom is -0.482 e. The van der Waals surface area contributed by atoms with Crippen molar-refractivity contribution in [3.05, 3.63) is 29.8 Å². The molecule has 0 saturated carbocycles. The molecule has 0 spiro atoms. The average molecular weight is 392 g/mol. The summed E-state index contributed by atoms with van der Waals surface area (Å²) in [5, 5.41) is 21.1. The zero-order chi connectivity index (χ0) is 20.5. The van der Waals surface area contributed by atoms with Crippen molar-refractivity contribution >= 4 is 17.9 Å². The first kappa shape index (κ1) is 21.7. The highest BCUT2D eigenvalue weighted by Crippen LogP contribution is 2.20. The van der Waals surface area contributed by atoms with Crippen LogP contribution in [0.25, 0.3) is 0 Å². The number of unbranched alkanes of at least 4 members (excludes halogenated alkanes) is 2. The monoisotopic (exact) mass is 392 g/mol. The number of nitrogens with zero attached hydrogens (tertiary/aromatic N) is 1. The van der Waals surface area contributed by atoms with Crippen molar-refractivity contribution in [3.8, 4) is 5.75 Å². The number of aliphatic hydroxyl groups is 1. The van der Waals surface area contributed by atoms with Crippen LogP contribution in [0.15, 0.2) is 24.3 Å². The summed E-state index contributed by atoms with van der Waals surface area (Å²) < 4.78 is 5.16. The Morgan fingerprint density at radius 1 is 1.29 bits per heavy atom. The lowest BCUT2D eigenvalue weighted by atomic mass is 10.0. The Hall–Kier alpha value is -2.61. The van der Waals surface area contributed by atoms with Crippen LogP contribution in [0.4, 0.5) is 4.79 Å². The lowest BCUT2D eigenvalue weighted by Crippen LogP contribution is -2.38. The molecule has 1 heterocycles. The van der Waals surface area contributed by atoms with Gasteiger partial charge in [0, 0.05) is 13.0 Å². The first-order valence-corrected chi connectivity index (χ1v) is 9.63. The van der Waals surface area contributed by atoms with Gasteiger partial charge in [-0.25, -0.2) is 9.59 Å². The van der Waals surface area contributed by atoms with E-state index in [0.717, 1.165) is 24.8 Å². The van der Waals surface area contributed by atoms with E-state index in [4.69, 9.17) is 9.84 Å². The van der Waals surface area contributed by atoms with Gasteiger partial charge in [-0.2, -0.15) is 0 Å². The van der Waals surface area contributed by atoms with Crippen LogP contribution in [-0.4, -0.2) is 58.3 Å². The number of hydrogen-bond donors (Lipinski definition) is 3. The van der Waals surface area contributed by atoms with E-state index in [0.29, 0.717) is 25.1 Å². The molecule has 2 unspecified atom stereocenters. The van der Waals surface area contributed by atoms with Crippen LogP contribution in [-0.2, 0) is 16.0 Å². The van der Waals surface area contributed by atoms with E-state index < -0.39 is 30.8 Å². The number of carboxylic acids is 1. The smallest absolute Gasteiger partial charge is 0.341 e. The van der Waals surface area contributed by atoms with Gasteiger partial charge >= 0.3 is 12.0 Å². The maximum Gasteiger partial charge on any atom is 0.341 e. The molecule has 1 aliphatic rings. The van der Waals surface area contributed by atoms with Crippen LogP contribution >= 0.6 is 0 Å². The number of imide groups is 1. The predicted octanol–water partition coefficient (Wildman–Crippen LogP) is 1.94. The van der Waals surface area contributed by atoms with Crippen molar-refractivity contribution in [3.63, 3.8) is 0 Å². The van der Waals surface area contributed by atoms with Crippen LogP contribution in [0, 0.1) is 0 Å². The number of rotatable bonds is 12. The van der Waals surface area contributed by atoms with E-state index in [1.165, 1.54) is 4.90 Å². The van der Waals surface area contributed by atoms with Gasteiger partial charge in [0.2, 0.25) is 0 Å².